The van der Waals surface area contributed by atoms with E-state index in [1.165, 1.54) is 6.92 Å². The Morgan fingerprint density at radius 3 is 2.33 bits per heavy atom. The third kappa shape index (κ3) is 4.28. The van der Waals surface area contributed by atoms with Gasteiger partial charge in [0.15, 0.2) is 5.78 Å². The monoisotopic (exact) mass is 282 g/mol. The molecule has 3 heteroatoms. The number of benzene rings is 2. The number of ketones is 2. The molecule has 2 aromatic rings. The molecule has 2 rings (SSSR count). The average Bonchev–Trinajstić information content (AvgIpc) is 2.47. The summed E-state index contributed by atoms with van der Waals surface area (Å²) in [5, 5.41) is 0. The zero-order valence-electron chi connectivity index (χ0n) is 12.2. The fourth-order valence-electron chi connectivity index (χ4n) is 2.15. The van der Waals surface area contributed by atoms with Crippen molar-refractivity contribution in [1.82, 2.24) is 0 Å². The molecule has 0 saturated heterocycles. The van der Waals surface area contributed by atoms with Gasteiger partial charge in [0, 0.05) is 17.9 Å². The van der Waals surface area contributed by atoms with Gasteiger partial charge in [-0.05, 0) is 31.2 Å². The average molecular weight is 282 g/mol. The SMILES string of the molecule is CC(=O)CC(C)C(=O)c1cccc(Oc2ccccc2)c1. The molecule has 2 aromatic carbocycles. The Balaban J connectivity index is 2.14. The molecule has 21 heavy (non-hydrogen) atoms. The molecule has 0 radical (unpaired) electrons. The quantitative estimate of drug-likeness (QED) is 0.743. The Morgan fingerprint density at radius 1 is 1.00 bits per heavy atom. The van der Waals surface area contributed by atoms with Crippen LogP contribution in [0.15, 0.2) is 54.6 Å². The van der Waals surface area contributed by atoms with E-state index in [1.807, 2.05) is 30.3 Å². The minimum atomic E-state index is -0.311. The van der Waals surface area contributed by atoms with Crippen molar-refractivity contribution < 1.29 is 14.3 Å². The Kier molecular flexibility index (Phi) is 4.88. The van der Waals surface area contributed by atoms with Crippen LogP contribution in [0.3, 0.4) is 0 Å². The van der Waals surface area contributed by atoms with E-state index in [4.69, 9.17) is 4.74 Å². The lowest BCUT2D eigenvalue weighted by Crippen LogP contribution is -2.14. The summed E-state index contributed by atoms with van der Waals surface area (Å²) in [5.74, 6) is 1.01. The molecule has 0 bridgehead atoms. The zero-order valence-corrected chi connectivity index (χ0v) is 12.2. The molecule has 0 saturated carbocycles. The number of hydrogen-bond donors (Lipinski definition) is 0. The number of para-hydroxylation sites is 1. The van der Waals surface area contributed by atoms with E-state index in [9.17, 15) is 9.59 Å². The lowest BCUT2D eigenvalue weighted by atomic mass is 9.95. The lowest BCUT2D eigenvalue weighted by Gasteiger charge is -2.10. The van der Waals surface area contributed by atoms with E-state index in [0.29, 0.717) is 11.3 Å². The second-order valence-electron chi connectivity index (χ2n) is 5.11. The summed E-state index contributed by atoms with van der Waals surface area (Å²) in [7, 11) is 0. The third-order valence-electron chi connectivity index (χ3n) is 3.14. The Labute approximate surface area is 124 Å². The molecule has 0 N–H and O–H groups in total. The van der Waals surface area contributed by atoms with Gasteiger partial charge < -0.3 is 9.53 Å². The highest BCUT2D eigenvalue weighted by Gasteiger charge is 2.17. The van der Waals surface area contributed by atoms with Gasteiger partial charge in [0.05, 0.1) is 0 Å². The van der Waals surface area contributed by atoms with Crippen molar-refractivity contribution in [1.29, 1.82) is 0 Å². The third-order valence-corrected chi connectivity index (χ3v) is 3.14. The Bertz CT molecular complexity index is 632. The van der Waals surface area contributed by atoms with Gasteiger partial charge in [0.1, 0.15) is 17.3 Å². The molecule has 1 unspecified atom stereocenters. The van der Waals surface area contributed by atoms with Crippen molar-refractivity contribution in [2.45, 2.75) is 20.3 Å². The molecule has 0 amide bonds. The molecule has 0 aliphatic heterocycles. The predicted octanol–water partition coefficient (Wildman–Crippen LogP) is 4.28. The summed E-state index contributed by atoms with van der Waals surface area (Å²) in [5.41, 5.74) is 0.567. The zero-order chi connectivity index (χ0) is 15.2. The maximum Gasteiger partial charge on any atom is 0.166 e. The summed E-state index contributed by atoms with van der Waals surface area (Å²) in [6.45, 7) is 3.27. The van der Waals surface area contributed by atoms with Crippen LogP contribution in [-0.2, 0) is 4.79 Å². The topological polar surface area (TPSA) is 43.4 Å². The highest BCUT2D eigenvalue weighted by molar-refractivity contribution is 5.99. The standard InChI is InChI=1S/C18H18O3/c1-13(11-14(2)19)18(20)15-7-6-10-17(12-15)21-16-8-4-3-5-9-16/h3-10,12-13H,11H2,1-2H3. The molecule has 108 valence electrons. The summed E-state index contributed by atoms with van der Waals surface area (Å²) >= 11 is 0. The first-order chi connectivity index (χ1) is 10.1. The number of ether oxygens (including phenoxy) is 1. The molecule has 0 fully saturated rings. The van der Waals surface area contributed by atoms with Crippen LogP contribution in [0.25, 0.3) is 0 Å². The van der Waals surface area contributed by atoms with E-state index in [2.05, 4.69) is 0 Å². The molecule has 0 aliphatic carbocycles. The van der Waals surface area contributed by atoms with Crippen LogP contribution in [-0.4, -0.2) is 11.6 Å². The normalized spacial score (nSPS) is 11.7. The Hall–Kier alpha value is -2.42. The molecular weight excluding hydrogens is 264 g/mol. The van der Waals surface area contributed by atoms with Crippen molar-refractivity contribution in [3.05, 3.63) is 60.2 Å². The van der Waals surface area contributed by atoms with E-state index < -0.39 is 0 Å². The minimum Gasteiger partial charge on any atom is -0.457 e. The fraction of sp³-hybridized carbons (Fsp3) is 0.222. The Morgan fingerprint density at radius 2 is 1.67 bits per heavy atom. The van der Waals surface area contributed by atoms with Crippen LogP contribution < -0.4 is 4.74 Å². The second kappa shape index (κ2) is 6.84. The largest absolute Gasteiger partial charge is 0.457 e. The van der Waals surface area contributed by atoms with Gasteiger partial charge in [0.25, 0.3) is 0 Å². The second-order valence-corrected chi connectivity index (χ2v) is 5.11. The first kappa shape index (κ1) is 15.0. The highest BCUT2D eigenvalue weighted by Crippen LogP contribution is 2.23. The van der Waals surface area contributed by atoms with Gasteiger partial charge in [-0.1, -0.05) is 37.3 Å². The summed E-state index contributed by atoms with van der Waals surface area (Å²) < 4.78 is 5.71. The summed E-state index contributed by atoms with van der Waals surface area (Å²) in [4.78, 5) is 23.4. The molecule has 3 nitrogen and oxygen atoms in total. The molecule has 0 spiro atoms. The summed E-state index contributed by atoms with van der Waals surface area (Å²) in [6, 6.07) is 16.4. The van der Waals surface area contributed by atoms with Gasteiger partial charge in [-0.2, -0.15) is 0 Å². The fourth-order valence-corrected chi connectivity index (χ4v) is 2.15. The number of rotatable bonds is 6. The van der Waals surface area contributed by atoms with Gasteiger partial charge in [-0.3, -0.25) is 4.79 Å². The van der Waals surface area contributed by atoms with Gasteiger partial charge in [-0.25, -0.2) is 0 Å². The van der Waals surface area contributed by atoms with Gasteiger partial charge in [0.2, 0.25) is 0 Å². The predicted molar refractivity (Wildman–Crippen MR) is 81.8 cm³/mol. The number of hydrogen-bond acceptors (Lipinski definition) is 3. The molecular formula is C18H18O3. The maximum absolute atomic E-state index is 12.3. The number of carbonyl (C=O) groups is 2. The molecule has 1 atom stereocenters. The van der Waals surface area contributed by atoms with Crippen LogP contribution in [0.5, 0.6) is 11.5 Å². The van der Waals surface area contributed by atoms with Crippen molar-refractivity contribution in [2.24, 2.45) is 5.92 Å². The van der Waals surface area contributed by atoms with Crippen molar-refractivity contribution >= 4 is 11.6 Å². The van der Waals surface area contributed by atoms with Crippen LogP contribution in [0.4, 0.5) is 0 Å². The van der Waals surface area contributed by atoms with Gasteiger partial charge >= 0.3 is 0 Å². The summed E-state index contributed by atoms with van der Waals surface area (Å²) in [6.07, 6.45) is 0.266. The van der Waals surface area contributed by atoms with Crippen molar-refractivity contribution in [2.75, 3.05) is 0 Å². The van der Waals surface area contributed by atoms with E-state index in [1.54, 1.807) is 31.2 Å². The van der Waals surface area contributed by atoms with Gasteiger partial charge in [-0.15, -0.1) is 0 Å². The lowest BCUT2D eigenvalue weighted by molar-refractivity contribution is -0.117. The van der Waals surface area contributed by atoms with Crippen LogP contribution >= 0.6 is 0 Å². The minimum absolute atomic E-state index is 0.0209. The van der Waals surface area contributed by atoms with Crippen LogP contribution in [0.1, 0.15) is 30.6 Å². The van der Waals surface area contributed by atoms with E-state index >= 15 is 0 Å². The van der Waals surface area contributed by atoms with Crippen molar-refractivity contribution in [3.63, 3.8) is 0 Å². The number of Topliss-reactive ketones (excluding diaryl/α,β-unsaturated/α-hetero) is 2. The van der Waals surface area contributed by atoms with E-state index in [0.717, 1.165) is 5.75 Å². The highest BCUT2D eigenvalue weighted by atomic mass is 16.5. The first-order valence-corrected chi connectivity index (χ1v) is 6.93. The van der Waals surface area contributed by atoms with E-state index in [-0.39, 0.29) is 23.9 Å². The van der Waals surface area contributed by atoms with Crippen LogP contribution in [0, 0.1) is 5.92 Å². The van der Waals surface area contributed by atoms with Crippen molar-refractivity contribution in [3.8, 4) is 11.5 Å². The molecule has 0 aliphatic rings. The maximum atomic E-state index is 12.3. The molecule has 0 heterocycles. The smallest absolute Gasteiger partial charge is 0.166 e. The number of carbonyl (C=O) groups excluding carboxylic acids is 2. The van der Waals surface area contributed by atoms with Crippen LogP contribution in [0.2, 0.25) is 0 Å². The molecule has 0 aromatic heterocycles. The first-order valence-electron chi connectivity index (χ1n) is 6.93.